The molecule has 1 aromatic carbocycles. The Kier molecular flexibility index (Phi) is 7.28. The Morgan fingerprint density at radius 1 is 1.16 bits per heavy atom. The fraction of sp³-hybridized carbons (Fsp3) is 0.611. The van der Waals surface area contributed by atoms with Gasteiger partial charge in [0.2, 0.25) is 15.9 Å². The first-order valence-corrected chi connectivity index (χ1v) is 10.8. The van der Waals surface area contributed by atoms with Gasteiger partial charge in [0, 0.05) is 18.1 Å². The van der Waals surface area contributed by atoms with Crippen molar-refractivity contribution >= 4 is 27.5 Å². The van der Waals surface area contributed by atoms with E-state index in [2.05, 4.69) is 4.72 Å². The summed E-state index contributed by atoms with van der Waals surface area (Å²) in [5.74, 6) is -0.0449. The second-order valence-corrected chi connectivity index (χ2v) is 9.26. The van der Waals surface area contributed by atoms with Crippen LogP contribution in [0.1, 0.15) is 45.1 Å². The summed E-state index contributed by atoms with van der Waals surface area (Å²) in [6.45, 7) is 5.41. The molecule has 0 aromatic heterocycles. The van der Waals surface area contributed by atoms with Crippen molar-refractivity contribution in [2.45, 2.75) is 51.3 Å². The minimum Gasteiger partial charge on any atom is -0.341 e. The molecule has 2 rings (SSSR count). The van der Waals surface area contributed by atoms with Crippen LogP contribution in [0.5, 0.6) is 0 Å². The average molecular weight is 387 g/mol. The number of hydrogen-bond donors (Lipinski definition) is 1. The molecule has 1 aliphatic heterocycles. The van der Waals surface area contributed by atoms with Crippen LogP contribution in [-0.2, 0) is 20.6 Å². The van der Waals surface area contributed by atoms with E-state index in [1.54, 1.807) is 29.2 Å². The predicted molar refractivity (Wildman–Crippen MR) is 101 cm³/mol. The first kappa shape index (κ1) is 20.2. The number of carbonyl (C=O) groups excluding carboxylic acids is 1. The van der Waals surface area contributed by atoms with Gasteiger partial charge in [-0.2, -0.15) is 0 Å². The van der Waals surface area contributed by atoms with E-state index in [9.17, 15) is 13.2 Å². The molecule has 7 heteroatoms. The van der Waals surface area contributed by atoms with Crippen LogP contribution in [0.4, 0.5) is 0 Å². The Hall–Kier alpha value is -1.11. The first-order valence-electron chi connectivity index (χ1n) is 8.80. The number of sulfonamides is 1. The van der Waals surface area contributed by atoms with Crippen LogP contribution in [0.2, 0.25) is 5.02 Å². The standard InChI is InChI=1S/C18H27ClN2O3S/c1-14(2)12-17(18(22)21-10-4-3-5-11-21)20-25(23,24)13-15-6-8-16(19)9-7-15/h6-9,14,17,20H,3-5,10-13H2,1-2H3/t17-/m1/s1. The summed E-state index contributed by atoms with van der Waals surface area (Å²) in [5, 5.41) is 0.562. The SMILES string of the molecule is CC(C)C[C@@H](NS(=O)(=O)Cc1ccc(Cl)cc1)C(=O)N1CCCCC1. The topological polar surface area (TPSA) is 66.5 Å². The molecule has 0 aliphatic carbocycles. The van der Waals surface area contributed by atoms with Crippen molar-refractivity contribution in [3.8, 4) is 0 Å². The molecule has 0 unspecified atom stereocenters. The number of rotatable bonds is 7. The molecule has 1 atom stereocenters. The van der Waals surface area contributed by atoms with Crippen molar-refractivity contribution < 1.29 is 13.2 Å². The third-order valence-electron chi connectivity index (χ3n) is 4.26. The summed E-state index contributed by atoms with van der Waals surface area (Å²) in [5.41, 5.74) is 0.644. The fourth-order valence-corrected chi connectivity index (χ4v) is 4.54. The van der Waals surface area contributed by atoms with Gasteiger partial charge in [-0.3, -0.25) is 4.79 Å². The predicted octanol–water partition coefficient (Wildman–Crippen LogP) is 3.19. The minimum atomic E-state index is -3.62. The zero-order chi connectivity index (χ0) is 18.4. The van der Waals surface area contributed by atoms with E-state index in [1.807, 2.05) is 13.8 Å². The van der Waals surface area contributed by atoms with Crippen molar-refractivity contribution in [1.82, 2.24) is 9.62 Å². The molecule has 1 N–H and O–H groups in total. The van der Waals surface area contributed by atoms with Crippen LogP contribution in [-0.4, -0.2) is 38.4 Å². The molecule has 0 saturated carbocycles. The van der Waals surface area contributed by atoms with Gasteiger partial charge in [0.1, 0.15) is 6.04 Å². The third-order valence-corrected chi connectivity index (χ3v) is 5.87. The molecule has 1 saturated heterocycles. The number of carbonyl (C=O) groups is 1. The van der Waals surface area contributed by atoms with Crippen LogP contribution in [0.15, 0.2) is 24.3 Å². The van der Waals surface area contributed by atoms with Crippen LogP contribution in [0.25, 0.3) is 0 Å². The second kappa shape index (κ2) is 9.01. The Morgan fingerprint density at radius 3 is 2.32 bits per heavy atom. The van der Waals surface area contributed by atoms with Crippen molar-refractivity contribution in [2.75, 3.05) is 13.1 Å². The lowest BCUT2D eigenvalue weighted by molar-refractivity contribution is -0.134. The highest BCUT2D eigenvalue weighted by molar-refractivity contribution is 7.88. The van der Waals surface area contributed by atoms with Crippen LogP contribution < -0.4 is 4.72 Å². The number of nitrogens with zero attached hydrogens (tertiary/aromatic N) is 1. The maximum absolute atomic E-state index is 12.8. The summed E-state index contributed by atoms with van der Waals surface area (Å²) in [7, 11) is -3.62. The average Bonchev–Trinajstić information content (AvgIpc) is 2.55. The lowest BCUT2D eigenvalue weighted by atomic mass is 10.0. The molecule has 1 heterocycles. The van der Waals surface area contributed by atoms with E-state index in [4.69, 9.17) is 11.6 Å². The van der Waals surface area contributed by atoms with Gasteiger partial charge in [-0.15, -0.1) is 0 Å². The smallest absolute Gasteiger partial charge is 0.240 e. The van der Waals surface area contributed by atoms with Crippen LogP contribution in [0.3, 0.4) is 0 Å². The molecule has 1 aliphatic rings. The van der Waals surface area contributed by atoms with Crippen LogP contribution >= 0.6 is 11.6 Å². The van der Waals surface area contributed by atoms with E-state index in [0.717, 1.165) is 19.3 Å². The normalized spacial score (nSPS) is 16.9. The van der Waals surface area contributed by atoms with Gasteiger partial charge in [0.05, 0.1) is 5.75 Å². The number of nitrogens with one attached hydrogen (secondary N) is 1. The van der Waals surface area contributed by atoms with E-state index in [0.29, 0.717) is 30.1 Å². The van der Waals surface area contributed by atoms with Gasteiger partial charge in [-0.05, 0) is 49.3 Å². The third kappa shape index (κ3) is 6.60. The number of halogens is 1. The van der Waals surface area contributed by atoms with E-state index in [-0.39, 0.29) is 17.6 Å². The molecular weight excluding hydrogens is 360 g/mol. The number of amides is 1. The zero-order valence-electron chi connectivity index (χ0n) is 14.9. The quantitative estimate of drug-likeness (QED) is 0.782. The first-order chi connectivity index (χ1) is 11.8. The summed E-state index contributed by atoms with van der Waals surface area (Å²) < 4.78 is 27.7. The van der Waals surface area contributed by atoms with Crippen molar-refractivity contribution in [1.29, 1.82) is 0 Å². The molecule has 5 nitrogen and oxygen atoms in total. The number of likely N-dealkylation sites (tertiary alicyclic amines) is 1. The largest absolute Gasteiger partial charge is 0.341 e. The Bertz CT molecular complexity index is 668. The second-order valence-electron chi connectivity index (χ2n) is 7.07. The highest BCUT2D eigenvalue weighted by atomic mass is 35.5. The lowest BCUT2D eigenvalue weighted by Crippen LogP contribution is -2.50. The number of benzene rings is 1. The maximum atomic E-state index is 12.8. The van der Waals surface area contributed by atoms with E-state index < -0.39 is 16.1 Å². The summed E-state index contributed by atoms with van der Waals surface area (Å²) in [4.78, 5) is 14.6. The highest BCUT2D eigenvalue weighted by Gasteiger charge is 2.29. The maximum Gasteiger partial charge on any atom is 0.240 e. The Morgan fingerprint density at radius 2 is 1.76 bits per heavy atom. The van der Waals surface area contributed by atoms with Gasteiger partial charge in [0.15, 0.2) is 0 Å². The lowest BCUT2D eigenvalue weighted by Gasteiger charge is -2.31. The molecule has 1 fully saturated rings. The van der Waals surface area contributed by atoms with Gasteiger partial charge in [-0.1, -0.05) is 37.6 Å². The van der Waals surface area contributed by atoms with Crippen LogP contribution in [0, 0.1) is 5.92 Å². The molecule has 0 radical (unpaired) electrons. The molecule has 140 valence electrons. The number of piperidine rings is 1. The van der Waals surface area contributed by atoms with Gasteiger partial charge in [-0.25, -0.2) is 13.1 Å². The Balaban J connectivity index is 2.08. The minimum absolute atomic E-state index is 0.104. The summed E-state index contributed by atoms with van der Waals surface area (Å²) in [6.07, 6.45) is 3.59. The zero-order valence-corrected chi connectivity index (χ0v) is 16.4. The summed E-state index contributed by atoms with van der Waals surface area (Å²) in [6, 6.07) is 6.00. The van der Waals surface area contributed by atoms with Crippen molar-refractivity contribution in [3.63, 3.8) is 0 Å². The highest BCUT2D eigenvalue weighted by Crippen LogP contribution is 2.16. The molecular formula is C18H27ClN2O3S. The van der Waals surface area contributed by atoms with Crippen molar-refractivity contribution in [2.24, 2.45) is 5.92 Å². The summed E-state index contributed by atoms with van der Waals surface area (Å²) >= 11 is 5.84. The molecule has 1 amide bonds. The van der Waals surface area contributed by atoms with E-state index >= 15 is 0 Å². The molecule has 0 bridgehead atoms. The fourth-order valence-electron chi connectivity index (χ4n) is 3.06. The van der Waals surface area contributed by atoms with E-state index in [1.165, 1.54) is 0 Å². The number of hydrogen-bond acceptors (Lipinski definition) is 3. The molecule has 0 spiro atoms. The van der Waals surface area contributed by atoms with Crippen molar-refractivity contribution in [3.05, 3.63) is 34.9 Å². The van der Waals surface area contributed by atoms with Gasteiger partial charge in [0.25, 0.3) is 0 Å². The molecule has 25 heavy (non-hydrogen) atoms. The molecule has 1 aromatic rings. The van der Waals surface area contributed by atoms with Gasteiger partial charge < -0.3 is 4.90 Å². The van der Waals surface area contributed by atoms with Gasteiger partial charge >= 0.3 is 0 Å². The monoisotopic (exact) mass is 386 g/mol. The Labute approximate surface area is 155 Å².